The molecule has 146 valence electrons. The number of aliphatic hydroxyl groups is 2. The Morgan fingerprint density at radius 1 is 1.00 bits per heavy atom. The average Bonchev–Trinajstić information content (AvgIpc) is 2.61. The zero-order chi connectivity index (χ0) is 19.1. The molecule has 0 aromatic rings. The largest absolute Gasteiger partial charge is 0.435 e. The van der Waals surface area contributed by atoms with Gasteiger partial charge in [-0.05, 0) is 32.1 Å². The van der Waals surface area contributed by atoms with Crippen molar-refractivity contribution in [3.63, 3.8) is 0 Å². The monoisotopic (exact) mass is 368 g/mol. The highest BCUT2D eigenvalue weighted by Gasteiger charge is 2.43. The lowest BCUT2D eigenvalue weighted by atomic mass is 9.71. The molecule has 2 aliphatic carbocycles. The van der Waals surface area contributed by atoms with Crippen LogP contribution in [0, 0.1) is 17.8 Å². The van der Waals surface area contributed by atoms with E-state index >= 15 is 0 Å². The summed E-state index contributed by atoms with van der Waals surface area (Å²) in [7, 11) is 0. The van der Waals surface area contributed by atoms with Gasteiger partial charge in [-0.1, -0.05) is 12.7 Å². The fourth-order valence-corrected chi connectivity index (χ4v) is 3.86. The standard InChI is InChI=1S/C19H28O7/c1-3-9-25-26-13-6-8-15(17(21)11-13)18(22)14-7-5-12(10-16(14)20)19(23)24-4-2/h3-4,12-17,20-21H,1-2,5-11H2. The fraction of sp³-hybridized carbons (Fsp3) is 0.684. The second-order valence-corrected chi connectivity index (χ2v) is 6.97. The van der Waals surface area contributed by atoms with Gasteiger partial charge < -0.3 is 14.9 Å². The number of ketones is 1. The molecule has 0 bridgehead atoms. The van der Waals surface area contributed by atoms with E-state index in [0.717, 1.165) is 6.26 Å². The molecule has 0 saturated heterocycles. The van der Waals surface area contributed by atoms with Crippen LogP contribution in [0.15, 0.2) is 25.5 Å². The lowest BCUT2D eigenvalue weighted by molar-refractivity contribution is -0.325. The maximum atomic E-state index is 12.8. The van der Waals surface area contributed by atoms with Crippen molar-refractivity contribution in [2.24, 2.45) is 17.8 Å². The highest BCUT2D eigenvalue weighted by molar-refractivity contribution is 5.85. The normalized spacial score (nSPS) is 34.7. The van der Waals surface area contributed by atoms with E-state index in [1.54, 1.807) is 6.08 Å². The molecule has 2 saturated carbocycles. The molecule has 2 fully saturated rings. The minimum atomic E-state index is -0.907. The van der Waals surface area contributed by atoms with Gasteiger partial charge in [0.1, 0.15) is 12.4 Å². The molecule has 0 radical (unpaired) electrons. The third kappa shape index (κ3) is 5.23. The molecule has 0 amide bonds. The van der Waals surface area contributed by atoms with Gasteiger partial charge in [0, 0.05) is 18.3 Å². The molecule has 2 rings (SSSR count). The molecule has 26 heavy (non-hydrogen) atoms. The van der Waals surface area contributed by atoms with Crippen LogP contribution in [0.25, 0.3) is 0 Å². The number of carbonyl (C=O) groups is 2. The molecular formula is C19H28O7. The van der Waals surface area contributed by atoms with E-state index < -0.39 is 35.9 Å². The van der Waals surface area contributed by atoms with Gasteiger partial charge in [-0.15, -0.1) is 6.58 Å². The molecule has 7 nitrogen and oxygen atoms in total. The Morgan fingerprint density at radius 2 is 1.65 bits per heavy atom. The highest BCUT2D eigenvalue weighted by Crippen LogP contribution is 2.36. The molecule has 0 aromatic carbocycles. The van der Waals surface area contributed by atoms with Crippen LogP contribution in [0.2, 0.25) is 0 Å². The molecule has 0 aliphatic heterocycles. The smallest absolute Gasteiger partial charge is 0.313 e. The van der Waals surface area contributed by atoms with E-state index in [2.05, 4.69) is 13.2 Å². The summed E-state index contributed by atoms with van der Waals surface area (Å²) in [4.78, 5) is 34.7. The summed E-state index contributed by atoms with van der Waals surface area (Å²) in [5.74, 6) is -2.07. The molecule has 6 atom stereocenters. The molecule has 2 N–H and O–H groups in total. The lowest BCUT2D eigenvalue weighted by Crippen LogP contribution is -2.45. The number of hydrogen-bond donors (Lipinski definition) is 2. The van der Waals surface area contributed by atoms with E-state index in [-0.39, 0.29) is 24.9 Å². The molecular weight excluding hydrogens is 340 g/mol. The number of hydrogen-bond acceptors (Lipinski definition) is 7. The van der Waals surface area contributed by atoms with Gasteiger partial charge in [0.2, 0.25) is 0 Å². The number of esters is 1. The van der Waals surface area contributed by atoms with Crippen molar-refractivity contribution in [3.05, 3.63) is 25.5 Å². The predicted molar refractivity (Wildman–Crippen MR) is 92.5 cm³/mol. The zero-order valence-electron chi connectivity index (χ0n) is 14.9. The summed E-state index contributed by atoms with van der Waals surface area (Å²) in [5, 5.41) is 20.7. The maximum absolute atomic E-state index is 12.8. The Hall–Kier alpha value is -1.54. The SMILES string of the molecule is C=CCOOC1CCC(C(=O)C2CCC(C(=O)OC=C)CC2O)C(O)C1. The number of aliphatic hydroxyl groups excluding tert-OH is 2. The highest BCUT2D eigenvalue weighted by atomic mass is 17.2. The van der Waals surface area contributed by atoms with Gasteiger partial charge in [0.05, 0.1) is 30.5 Å². The number of Topliss-reactive ketones (excluding diaryl/α,β-unsaturated/α-hetero) is 1. The minimum absolute atomic E-state index is 0.133. The molecule has 2 aliphatic rings. The van der Waals surface area contributed by atoms with E-state index in [1.807, 2.05) is 0 Å². The number of carbonyl (C=O) groups excluding carboxylic acids is 2. The number of ether oxygens (including phenoxy) is 1. The Kier molecular flexibility index (Phi) is 7.96. The van der Waals surface area contributed by atoms with Gasteiger partial charge in [0.15, 0.2) is 0 Å². The van der Waals surface area contributed by atoms with Crippen molar-refractivity contribution in [2.45, 2.75) is 56.8 Å². The first-order chi connectivity index (χ1) is 12.5. The topological polar surface area (TPSA) is 102 Å². The summed E-state index contributed by atoms with van der Waals surface area (Å²) in [6, 6.07) is 0. The summed E-state index contributed by atoms with van der Waals surface area (Å²) in [5.41, 5.74) is 0. The Morgan fingerprint density at radius 3 is 2.23 bits per heavy atom. The van der Waals surface area contributed by atoms with Crippen LogP contribution in [0.4, 0.5) is 0 Å². The molecule has 0 aromatic heterocycles. The van der Waals surface area contributed by atoms with Gasteiger partial charge in [-0.25, -0.2) is 9.78 Å². The summed E-state index contributed by atoms with van der Waals surface area (Å²) in [6.07, 6.45) is 3.10. The maximum Gasteiger partial charge on any atom is 0.313 e. The average molecular weight is 368 g/mol. The van der Waals surface area contributed by atoms with Crippen LogP contribution in [-0.2, 0) is 24.1 Å². The summed E-state index contributed by atoms with van der Waals surface area (Å²) >= 11 is 0. The van der Waals surface area contributed by atoms with Crippen molar-refractivity contribution in [3.8, 4) is 0 Å². The fourth-order valence-electron chi connectivity index (χ4n) is 3.86. The van der Waals surface area contributed by atoms with Crippen LogP contribution in [0.3, 0.4) is 0 Å². The minimum Gasteiger partial charge on any atom is -0.435 e. The van der Waals surface area contributed by atoms with Crippen molar-refractivity contribution in [2.75, 3.05) is 6.61 Å². The molecule has 7 heteroatoms. The van der Waals surface area contributed by atoms with Crippen LogP contribution < -0.4 is 0 Å². The van der Waals surface area contributed by atoms with Gasteiger partial charge in [-0.3, -0.25) is 9.59 Å². The summed E-state index contributed by atoms with van der Waals surface area (Å²) in [6.45, 7) is 7.13. The Balaban J connectivity index is 1.86. The van der Waals surface area contributed by atoms with Crippen LogP contribution in [-0.4, -0.2) is 46.9 Å². The lowest BCUT2D eigenvalue weighted by Gasteiger charge is -2.37. The zero-order valence-corrected chi connectivity index (χ0v) is 14.9. The van der Waals surface area contributed by atoms with Crippen molar-refractivity contribution in [1.29, 1.82) is 0 Å². The van der Waals surface area contributed by atoms with Crippen LogP contribution in [0.1, 0.15) is 38.5 Å². The first-order valence-corrected chi connectivity index (χ1v) is 9.08. The first-order valence-electron chi connectivity index (χ1n) is 9.08. The molecule has 0 spiro atoms. The third-order valence-corrected chi connectivity index (χ3v) is 5.24. The molecule has 6 unspecified atom stereocenters. The quantitative estimate of drug-likeness (QED) is 0.168. The van der Waals surface area contributed by atoms with E-state index in [9.17, 15) is 19.8 Å². The van der Waals surface area contributed by atoms with Crippen molar-refractivity contribution in [1.82, 2.24) is 0 Å². The third-order valence-electron chi connectivity index (χ3n) is 5.24. The van der Waals surface area contributed by atoms with Crippen molar-refractivity contribution < 1.29 is 34.3 Å². The predicted octanol–water partition coefficient (Wildman–Crippen LogP) is 1.68. The van der Waals surface area contributed by atoms with Crippen LogP contribution in [0.5, 0.6) is 0 Å². The summed E-state index contributed by atoms with van der Waals surface area (Å²) < 4.78 is 4.77. The van der Waals surface area contributed by atoms with Crippen LogP contribution >= 0.6 is 0 Å². The number of rotatable bonds is 8. The van der Waals surface area contributed by atoms with E-state index in [4.69, 9.17) is 14.5 Å². The van der Waals surface area contributed by atoms with E-state index in [1.165, 1.54) is 0 Å². The second kappa shape index (κ2) is 9.97. The molecule has 0 heterocycles. The van der Waals surface area contributed by atoms with Gasteiger partial charge in [0.25, 0.3) is 0 Å². The Bertz CT molecular complexity index is 518. The second-order valence-electron chi connectivity index (χ2n) is 6.97. The van der Waals surface area contributed by atoms with Gasteiger partial charge in [-0.2, -0.15) is 0 Å². The Labute approximate surface area is 153 Å². The van der Waals surface area contributed by atoms with Gasteiger partial charge >= 0.3 is 5.97 Å². The van der Waals surface area contributed by atoms with Crippen molar-refractivity contribution >= 4 is 11.8 Å². The van der Waals surface area contributed by atoms with E-state index in [0.29, 0.717) is 32.1 Å². The first kappa shape index (κ1) is 20.8.